The zero-order valence-corrected chi connectivity index (χ0v) is 21.3. The van der Waals surface area contributed by atoms with Crippen LogP contribution in [0.5, 0.6) is 11.5 Å². The zero-order chi connectivity index (χ0) is 27.3. The van der Waals surface area contributed by atoms with Gasteiger partial charge in [-0.15, -0.1) is 0 Å². The summed E-state index contributed by atoms with van der Waals surface area (Å²) in [5.41, 5.74) is 9.68. The van der Waals surface area contributed by atoms with Crippen LogP contribution in [0.4, 0.5) is 8.78 Å². The maximum atomic E-state index is 15.6. The van der Waals surface area contributed by atoms with E-state index < -0.39 is 21.7 Å². The molecule has 1 aromatic heterocycles. The van der Waals surface area contributed by atoms with E-state index in [1.807, 2.05) is 6.92 Å². The molecule has 0 spiro atoms. The Hall–Kier alpha value is -4.39. The maximum absolute atomic E-state index is 15.6. The summed E-state index contributed by atoms with van der Waals surface area (Å²) in [5, 5.41) is 13.1. The van der Waals surface area contributed by atoms with Crippen LogP contribution < -0.4 is 4.74 Å². The van der Waals surface area contributed by atoms with Crippen molar-refractivity contribution in [3.63, 3.8) is 0 Å². The molecule has 11 heteroatoms. The van der Waals surface area contributed by atoms with Gasteiger partial charge in [0.25, 0.3) is 10.0 Å². The second-order valence-corrected chi connectivity index (χ2v) is 10.5. The third-order valence-electron chi connectivity index (χ3n) is 6.07. The van der Waals surface area contributed by atoms with Crippen LogP contribution in [0.3, 0.4) is 0 Å². The molecule has 0 fully saturated rings. The van der Waals surface area contributed by atoms with E-state index in [2.05, 4.69) is 10.0 Å². The molecule has 194 valence electrons. The normalized spacial score (nSPS) is 11.2. The molecule has 4 aromatic rings. The van der Waals surface area contributed by atoms with E-state index in [4.69, 9.17) is 15.5 Å². The van der Waals surface area contributed by atoms with Crippen LogP contribution in [-0.4, -0.2) is 18.9 Å². The summed E-state index contributed by atoms with van der Waals surface area (Å²) < 4.78 is 63.0. The topological polar surface area (TPSA) is 121 Å². The first-order valence-corrected chi connectivity index (χ1v) is 13.2. The molecule has 0 aliphatic rings. The molecular weight excluding hydrogens is 512 g/mol. The van der Waals surface area contributed by atoms with Gasteiger partial charge in [0.05, 0.1) is 16.0 Å². The van der Waals surface area contributed by atoms with E-state index in [0.717, 1.165) is 21.7 Å². The largest absolute Gasteiger partial charge is 0.454 e. The van der Waals surface area contributed by atoms with Crippen molar-refractivity contribution in [2.24, 2.45) is 5.11 Å². The standard InChI is InChI=1S/C27H23F2N5O3S/c1-18-6-9-21(10-7-18)38(35,36)34-14-12-22-23(5-3-2-4-13-32-33-31)27(25(29)16-26(22)34)37-20-8-11-24(28)19(15-20)17-30/h6-12,14-16H,2-5,13H2,1H3. The van der Waals surface area contributed by atoms with Crippen molar-refractivity contribution in [1.82, 2.24) is 3.97 Å². The summed E-state index contributed by atoms with van der Waals surface area (Å²) >= 11 is 0. The summed E-state index contributed by atoms with van der Waals surface area (Å²) in [5.74, 6) is -1.59. The van der Waals surface area contributed by atoms with E-state index in [1.165, 1.54) is 30.5 Å². The number of halogens is 2. The van der Waals surface area contributed by atoms with Crippen molar-refractivity contribution in [2.75, 3.05) is 6.54 Å². The van der Waals surface area contributed by atoms with E-state index in [0.29, 0.717) is 43.2 Å². The van der Waals surface area contributed by atoms with Crippen LogP contribution in [0.2, 0.25) is 0 Å². The SMILES string of the molecule is Cc1ccc(S(=O)(=O)n2ccc3c(CCCCCN=[N+]=[N-])c(Oc4ccc(F)c(C#N)c4)c(F)cc32)cc1. The molecule has 1 heterocycles. The third kappa shape index (κ3) is 5.47. The number of azide groups is 1. The minimum atomic E-state index is -4.01. The number of rotatable bonds is 10. The number of nitriles is 1. The van der Waals surface area contributed by atoms with Gasteiger partial charge in [0, 0.05) is 40.7 Å². The van der Waals surface area contributed by atoms with Crippen molar-refractivity contribution < 1.29 is 21.9 Å². The minimum absolute atomic E-state index is 0.0660. The molecular formula is C27H23F2N5O3S. The van der Waals surface area contributed by atoms with Crippen molar-refractivity contribution in [2.45, 2.75) is 37.5 Å². The zero-order valence-electron chi connectivity index (χ0n) is 20.4. The highest BCUT2D eigenvalue weighted by Crippen LogP contribution is 2.37. The number of benzene rings is 3. The predicted molar refractivity (Wildman–Crippen MR) is 138 cm³/mol. The monoisotopic (exact) mass is 535 g/mol. The van der Waals surface area contributed by atoms with Gasteiger partial charge in [-0.25, -0.2) is 21.2 Å². The average Bonchev–Trinajstić information content (AvgIpc) is 3.33. The molecule has 0 atom stereocenters. The van der Waals surface area contributed by atoms with Gasteiger partial charge in [0.15, 0.2) is 11.6 Å². The average molecular weight is 536 g/mol. The first kappa shape index (κ1) is 26.7. The smallest absolute Gasteiger partial charge is 0.268 e. The van der Waals surface area contributed by atoms with Crippen LogP contribution >= 0.6 is 0 Å². The van der Waals surface area contributed by atoms with E-state index in [9.17, 15) is 12.8 Å². The molecule has 0 saturated heterocycles. The summed E-state index contributed by atoms with van der Waals surface area (Å²) in [6, 6.07) is 14.3. The molecule has 3 aromatic carbocycles. The van der Waals surface area contributed by atoms with Gasteiger partial charge in [-0.1, -0.05) is 29.2 Å². The molecule has 4 rings (SSSR count). The Kier molecular flexibility index (Phi) is 7.96. The lowest BCUT2D eigenvalue weighted by molar-refractivity contribution is 0.435. The molecule has 0 unspecified atom stereocenters. The fourth-order valence-corrected chi connectivity index (χ4v) is 5.48. The second-order valence-electron chi connectivity index (χ2n) is 8.65. The van der Waals surface area contributed by atoms with Gasteiger partial charge in [-0.05, 0) is 62.0 Å². The van der Waals surface area contributed by atoms with Crippen molar-refractivity contribution >= 4 is 20.9 Å². The number of aromatic nitrogens is 1. The summed E-state index contributed by atoms with van der Waals surface area (Å²) in [7, 11) is -4.01. The lowest BCUT2D eigenvalue weighted by Gasteiger charge is -2.15. The number of nitrogens with zero attached hydrogens (tertiary/aromatic N) is 5. The number of hydrogen-bond acceptors (Lipinski definition) is 5. The van der Waals surface area contributed by atoms with E-state index in [-0.39, 0.29) is 27.5 Å². The fourth-order valence-electron chi connectivity index (χ4n) is 4.14. The molecule has 0 saturated carbocycles. The highest BCUT2D eigenvalue weighted by atomic mass is 32.2. The molecule has 0 aliphatic carbocycles. The molecule has 8 nitrogen and oxygen atoms in total. The molecule has 0 N–H and O–H groups in total. The van der Waals surface area contributed by atoms with Crippen LogP contribution in [0.15, 0.2) is 70.8 Å². The third-order valence-corrected chi connectivity index (χ3v) is 7.78. The quantitative estimate of drug-likeness (QED) is 0.0926. The molecule has 0 amide bonds. The first-order valence-electron chi connectivity index (χ1n) is 11.8. The molecule has 0 aliphatic heterocycles. The lowest BCUT2D eigenvalue weighted by atomic mass is 10.0. The van der Waals surface area contributed by atoms with Crippen LogP contribution in [-0.2, 0) is 16.4 Å². The molecule has 38 heavy (non-hydrogen) atoms. The Morgan fingerprint density at radius 3 is 2.53 bits per heavy atom. The highest BCUT2D eigenvalue weighted by molar-refractivity contribution is 7.90. The van der Waals surface area contributed by atoms with Gasteiger partial charge in [0.2, 0.25) is 0 Å². The first-order chi connectivity index (χ1) is 18.3. The Bertz CT molecular complexity index is 1690. The summed E-state index contributed by atoms with van der Waals surface area (Å²) in [4.78, 5) is 2.79. The fraction of sp³-hybridized carbons (Fsp3) is 0.222. The van der Waals surface area contributed by atoms with Gasteiger partial charge in [-0.3, -0.25) is 0 Å². The Balaban J connectivity index is 1.79. The molecule has 0 radical (unpaired) electrons. The Labute approximate surface area is 218 Å². The van der Waals surface area contributed by atoms with Crippen molar-refractivity contribution in [3.05, 3.63) is 99.6 Å². The summed E-state index contributed by atoms with van der Waals surface area (Å²) in [6.45, 7) is 2.17. The van der Waals surface area contributed by atoms with Gasteiger partial charge in [-0.2, -0.15) is 5.26 Å². The Morgan fingerprint density at radius 1 is 1.05 bits per heavy atom. The van der Waals surface area contributed by atoms with E-state index >= 15 is 4.39 Å². The van der Waals surface area contributed by atoms with Gasteiger partial charge in [0.1, 0.15) is 17.6 Å². The van der Waals surface area contributed by atoms with Crippen LogP contribution in [0.1, 0.15) is 36.0 Å². The van der Waals surface area contributed by atoms with Gasteiger partial charge < -0.3 is 4.74 Å². The number of fused-ring (bicyclic) bond motifs is 1. The molecule has 0 bridgehead atoms. The lowest BCUT2D eigenvalue weighted by Crippen LogP contribution is -2.12. The highest BCUT2D eigenvalue weighted by Gasteiger charge is 2.24. The number of ether oxygens (including phenoxy) is 1. The number of unbranched alkanes of at least 4 members (excludes halogenated alkanes) is 2. The van der Waals surface area contributed by atoms with E-state index in [1.54, 1.807) is 24.3 Å². The summed E-state index contributed by atoms with van der Waals surface area (Å²) in [6.07, 6.45) is 3.60. The van der Waals surface area contributed by atoms with Crippen molar-refractivity contribution in [3.8, 4) is 17.6 Å². The number of hydrogen-bond donors (Lipinski definition) is 0. The minimum Gasteiger partial charge on any atom is -0.454 e. The van der Waals surface area contributed by atoms with Crippen molar-refractivity contribution in [1.29, 1.82) is 5.26 Å². The van der Waals surface area contributed by atoms with Crippen LogP contribution in [0, 0.1) is 29.9 Å². The van der Waals surface area contributed by atoms with Crippen LogP contribution in [0.25, 0.3) is 21.3 Å². The van der Waals surface area contributed by atoms with Gasteiger partial charge >= 0.3 is 0 Å². The second kappa shape index (κ2) is 11.3. The predicted octanol–water partition coefficient (Wildman–Crippen LogP) is 7.15. The number of aryl methyl sites for hydroxylation is 2. The Morgan fingerprint density at radius 2 is 1.82 bits per heavy atom. The maximum Gasteiger partial charge on any atom is 0.268 e.